The molecule has 0 radical (unpaired) electrons. The van der Waals surface area contributed by atoms with Crippen LogP contribution < -0.4 is 0 Å². The third kappa shape index (κ3) is 3.53. The number of alkyl halides is 7. The molecule has 0 aromatic rings. The third-order valence-electron chi connectivity index (χ3n) is 1.62. The first kappa shape index (κ1) is 13.8. The van der Waals surface area contributed by atoms with Crippen molar-refractivity contribution in [2.24, 2.45) is 0 Å². The first-order valence-corrected chi connectivity index (χ1v) is 3.98. The molecule has 0 N–H and O–H groups in total. The average molecular weight is 244 g/mol. The van der Waals surface area contributed by atoms with Crippen molar-refractivity contribution >= 4 is 11.6 Å². The fourth-order valence-electron chi connectivity index (χ4n) is 0.811. The van der Waals surface area contributed by atoms with E-state index >= 15 is 0 Å². The van der Waals surface area contributed by atoms with Gasteiger partial charge in [0.15, 0.2) is 0 Å². The second kappa shape index (κ2) is 4.14. The minimum Gasteiger partial charge on any atom is -0.155 e. The van der Waals surface area contributed by atoms with Gasteiger partial charge in [0.2, 0.25) is 0 Å². The van der Waals surface area contributed by atoms with Crippen LogP contribution in [-0.4, -0.2) is 28.9 Å². The maximum absolute atomic E-state index is 12.0. The van der Waals surface area contributed by atoms with Gasteiger partial charge in [-0.2, -0.15) is 26.3 Å². The predicted molar refractivity (Wildman–Crippen MR) is 38.7 cm³/mol. The molecule has 0 aromatic heterocycles. The average Bonchev–Trinajstić information content (AvgIpc) is 1.79. The summed E-state index contributed by atoms with van der Waals surface area (Å²) in [7, 11) is 0. The lowest BCUT2D eigenvalue weighted by atomic mass is 10.2. The molecule has 0 heterocycles. The van der Waals surface area contributed by atoms with E-state index in [1.54, 1.807) is 0 Å². The second-order valence-electron chi connectivity index (χ2n) is 2.72. The highest BCUT2D eigenvalue weighted by atomic mass is 35.5. The number of hydrogen-bond donors (Lipinski definition) is 0. The van der Waals surface area contributed by atoms with E-state index in [1.165, 1.54) is 0 Å². The monoisotopic (exact) mass is 243 g/mol. The summed E-state index contributed by atoms with van der Waals surface area (Å²) in [5.41, 5.74) is 0. The number of hydrogen-bond acceptors (Lipinski definition) is 1. The van der Waals surface area contributed by atoms with Gasteiger partial charge in [0.05, 0.1) is 0 Å². The lowest BCUT2D eigenvalue weighted by Crippen LogP contribution is -2.55. The lowest BCUT2D eigenvalue weighted by Gasteiger charge is -2.33. The van der Waals surface area contributed by atoms with E-state index in [9.17, 15) is 26.3 Å². The fraction of sp³-hybridized carbons (Fsp3) is 1.00. The zero-order valence-electron chi connectivity index (χ0n) is 7.25. The van der Waals surface area contributed by atoms with Gasteiger partial charge in [-0.3, -0.25) is 0 Å². The highest BCUT2D eigenvalue weighted by molar-refractivity contribution is 6.20. The third-order valence-corrected chi connectivity index (χ3v) is 1.98. The predicted octanol–water partition coefficient (Wildman–Crippen LogP) is 3.34. The summed E-state index contributed by atoms with van der Waals surface area (Å²) in [5.74, 6) is 0. The van der Waals surface area contributed by atoms with Crippen LogP contribution >= 0.6 is 11.6 Å². The Morgan fingerprint density at radius 3 is 1.29 bits per heavy atom. The van der Waals surface area contributed by atoms with Gasteiger partial charge in [0.25, 0.3) is 0 Å². The summed E-state index contributed by atoms with van der Waals surface area (Å²) in [6.07, 6.45) is -10.9. The van der Waals surface area contributed by atoms with Crippen LogP contribution in [0.15, 0.2) is 0 Å². The van der Waals surface area contributed by atoms with Gasteiger partial charge in [0, 0.05) is 11.4 Å². The Labute approximate surface area is 81.6 Å². The zero-order chi connectivity index (χ0) is 11.7. The molecule has 86 valence electrons. The quantitative estimate of drug-likeness (QED) is 0.408. The molecule has 1 nitrogen and oxygen atoms in total. The lowest BCUT2D eigenvalue weighted by molar-refractivity contribution is -0.383. The molecule has 0 aromatic carbocycles. The summed E-state index contributed by atoms with van der Waals surface area (Å²) in [6.45, 7) is 1.83. The number of nitrogens with zero attached hydrogens (tertiary/aromatic N) is 1. The van der Waals surface area contributed by atoms with Crippen molar-refractivity contribution in [3.8, 4) is 0 Å². The Balaban J connectivity index is 4.94. The van der Waals surface area contributed by atoms with Crippen molar-refractivity contribution in [2.45, 2.75) is 37.9 Å². The van der Waals surface area contributed by atoms with Gasteiger partial charge < -0.3 is 0 Å². The van der Waals surface area contributed by atoms with Crippen LogP contribution in [0.25, 0.3) is 0 Å². The molecule has 0 saturated heterocycles. The Bertz CT molecular complexity index is 172. The molecule has 0 spiro atoms. The Kier molecular flexibility index (Phi) is 4.09. The molecule has 8 heteroatoms. The van der Waals surface area contributed by atoms with Gasteiger partial charge in [-0.1, -0.05) is 0 Å². The zero-order valence-corrected chi connectivity index (χ0v) is 8.00. The summed E-state index contributed by atoms with van der Waals surface area (Å²) in [4.78, 5) is -1.52. The highest BCUT2D eigenvalue weighted by Crippen LogP contribution is 2.36. The topological polar surface area (TPSA) is 3.24 Å². The van der Waals surface area contributed by atoms with Gasteiger partial charge >= 0.3 is 12.6 Å². The standard InChI is InChI=1S/C6H8ClF6N/c1-3(7)4(2)14(5(8,9)10)6(11,12)13/h3-4H,1-2H3/t3-,4+/m1/s1. The Hall–Kier alpha value is -0.170. The van der Waals surface area contributed by atoms with Crippen molar-refractivity contribution in [3.63, 3.8) is 0 Å². The largest absolute Gasteiger partial charge is 0.467 e. The van der Waals surface area contributed by atoms with Gasteiger partial charge in [-0.05, 0) is 13.8 Å². The van der Waals surface area contributed by atoms with E-state index in [2.05, 4.69) is 0 Å². The fourth-order valence-corrected chi connectivity index (χ4v) is 0.924. The second-order valence-corrected chi connectivity index (χ2v) is 3.41. The van der Waals surface area contributed by atoms with Crippen molar-refractivity contribution in [1.29, 1.82) is 0 Å². The molecular weight excluding hydrogens is 236 g/mol. The van der Waals surface area contributed by atoms with Crippen LogP contribution in [0.4, 0.5) is 26.3 Å². The molecule has 0 saturated carbocycles. The van der Waals surface area contributed by atoms with E-state index in [0.717, 1.165) is 13.8 Å². The van der Waals surface area contributed by atoms with Crippen LogP contribution in [0, 0.1) is 0 Å². The molecule has 2 atom stereocenters. The number of rotatable bonds is 2. The molecule has 0 aliphatic heterocycles. The first-order chi connectivity index (χ1) is 5.98. The van der Waals surface area contributed by atoms with E-state index in [4.69, 9.17) is 11.6 Å². The Morgan fingerprint density at radius 1 is 0.929 bits per heavy atom. The summed E-state index contributed by atoms with van der Waals surface area (Å²) < 4.78 is 71.8. The first-order valence-electron chi connectivity index (χ1n) is 3.55. The number of halogens is 7. The molecule has 0 aliphatic rings. The molecule has 0 bridgehead atoms. The van der Waals surface area contributed by atoms with Crippen LogP contribution in [0.1, 0.15) is 13.8 Å². The maximum Gasteiger partial charge on any atom is 0.467 e. The van der Waals surface area contributed by atoms with E-state index < -0.39 is 28.9 Å². The summed E-state index contributed by atoms with van der Waals surface area (Å²) in [5, 5.41) is -1.27. The van der Waals surface area contributed by atoms with Crippen LogP contribution in [0.5, 0.6) is 0 Å². The van der Waals surface area contributed by atoms with Crippen molar-refractivity contribution < 1.29 is 26.3 Å². The molecular formula is C6H8ClF6N. The van der Waals surface area contributed by atoms with E-state index in [0.29, 0.717) is 0 Å². The van der Waals surface area contributed by atoms with E-state index in [-0.39, 0.29) is 0 Å². The molecule has 0 rings (SSSR count). The molecule has 14 heavy (non-hydrogen) atoms. The van der Waals surface area contributed by atoms with Crippen molar-refractivity contribution in [2.75, 3.05) is 0 Å². The van der Waals surface area contributed by atoms with Crippen LogP contribution in [0.2, 0.25) is 0 Å². The van der Waals surface area contributed by atoms with Crippen LogP contribution in [0.3, 0.4) is 0 Å². The maximum atomic E-state index is 12.0. The smallest absolute Gasteiger partial charge is 0.155 e. The van der Waals surface area contributed by atoms with Crippen molar-refractivity contribution in [1.82, 2.24) is 4.90 Å². The minimum atomic E-state index is -5.47. The highest BCUT2D eigenvalue weighted by Gasteiger charge is 2.56. The molecule has 0 unspecified atom stereocenters. The molecule has 0 aliphatic carbocycles. The summed E-state index contributed by atoms with van der Waals surface area (Å²) in [6, 6.07) is -1.86. The SMILES string of the molecule is C[C@@H](Cl)[C@H](C)N(C(F)(F)F)C(F)(F)F. The summed E-state index contributed by atoms with van der Waals surface area (Å²) >= 11 is 5.19. The Morgan fingerprint density at radius 2 is 1.21 bits per heavy atom. The van der Waals surface area contributed by atoms with Gasteiger partial charge in [-0.15, -0.1) is 16.5 Å². The molecule has 0 fully saturated rings. The normalized spacial score (nSPS) is 18.4. The van der Waals surface area contributed by atoms with Crippen LogP contribution in [-0.2, 0) is 0 Å². The molecule has 0 amide bonds. The van der Waals surface area contributed by atoms with Crippen molar-refractivity contribution in [3.05, 3.63) is 0 Å². The minimum absolute atomic E-state index is 0.763. The van der Waals surface area contributed by atoms with Gasteiger partial charge in [-0.25, -0.2) is 0 Å². The van der Waals surface area contributed by atoms with E-state index in [1.807, 2.05) is 0 Å². The van der Waals surface area contributed by atoms with Gasteiger partial charge in [0.1, 0.15) is 0 Å².